The van der Waals surface area contributed by atoms with Crippen molar-refractivity contribution in [1.82, 2.24) is 25.4 Å². The Labute approximate surface area is 171 Å². The Morgan fingerprint density at radius 2 is 1.59 bits per heavy atom. The van der Waals surface area contributed by atoms with Crippen molar-refractivity contribution >= 4 is 5.96 Å². The topological polar surface area (TPSA) is 76.4 Å². The van der Waals surface area contributed by atoms with Crippen molar-refractivity contribution in [2.24, 2.45) is 12.0 Å². The number of hydrogen-bond acceptors (Lipinski definition) is 4. The van der Waals surface area contributed by atoms with E-state index in [0.29, 0.717) is 19.6 Å². The summed E-state index contributed by atoms with van der Waals surface area (Å²) >= 11 is 0. The molecule has 1 heterocycles. The summed E-state index contributed by atoms with van der Waals surface area (Å²) in [4.78, 5) is 4.73. The molecule has 0 unspecified atom stereocenters. The quantitative estimate of drug-likeness (QED) is 0.478. The largest absolute Gasteiger partial charge is 0.497 e. The number of aryl methyl sites for hydroxylation is 2. The minimum Gasteiger partial charge on any atom is -0.497 e. The van der Waals surface area contributed by atoms with E-state index in [1.165, 1.54) is 11.1 Å². The average molecular weight is 393 g/mol. The molecule has 29 heavy (non-hydrogen) atoms. The maximum atomic E-state index is 5.22. The van der Waals surface area contributed by atoms with Crippen LogP contribution in [-0.4, -0.2) is 27.8 Å². The molecular formula is C22H28N6O. The molecule has 0 aliphatic carbocycles. The number of nitrogens with one attached hydrogen (secondary N) is 2. The lowest BCUT2D eigenvalue weighted by atomic mass is 10.1. The molecule has 0 atom stereocenters. The highest BCUT2D eigenvalue weighted by atomic mass is 16.5. The molecule has 0 spiro atoms. The second-order valence-electron chi connectivity index (χ2n) is 6.93. The van der Waals surface area contributed by atoms with Gasteiger partial charge < -0.3 is 19.9 Å². The second kappa shape index (κ2) is 9.73. The first-order chi connectivity index (χ1) is 14.0. The minimum absolute atomic E-state index is 0.541. The van der Waals surface area contributed by atoms with Gasteiger partial charge in [0.2, 0.25) is 0 Å². The third-order valence-corrected chi connectivity index (χ3v) is 4.76. The number of aromatic nitrogens is 3. The monoisotopic (exact) mass is 392 g/mol. The average Bonchev–Trinajstić information content (AvgIpc) is 3.07. The fourth-order valence-corrected chi connectivity index (χ4v) is 2.74. The third kappa shape index (κ3) is 5.81. The summed E-state index contributed by atoms with van der Waals surface area (Å²) in [6, 6.07) is 16.4. The Kier molecular flexibility index (Phi) is 6.84. The predicted molar refractivity (Wildman–Crippen MR) is 115 cm³/mol. The number of aliphatic imine (C=N–C) groups is 1. The first-order valence-corrected chi connectivity index (χ1v) is 9.60. The molecule has 3 rings (SSSR count). The van der Waals surface area contributed by atoms with E-state index in [0.717, 1.165) is 28.9 Å². The summed E-state index contributed by atoms with van der Waals surface area (Å²) in [6.45, 7) is 5.81. The van der Waals surface area contributed by atoms with Gasteiger partial charge in [0, 0.05) is 13.6 Å². The number of ether oxygens (including phenoxy) is 1. The molecule has 0 bridgehead atoms. The van der Waals surface area contributed by atoms with Gasteiger partial charge in [0.25, 0.3) is 0 Å². The lowest BCUT2D eigenvalue weighted by Gasteiger charge is -2.13. The molecule has 0 saturated carbocycles. The van der Waals surface area contributed by atoms with Crippen LogP contribution in [-0.2, 0) is 26.7 Å². The maximum absolute atomic E-state index is 5.22. The lowest BCUT2D eigenvalue weighted by molar-refractivity contribution is 0.414. The summed E-state index contributed by atoms with van der Waals surface area (Å²) < 4.78 is 7.18. The molecule has 0 aliphatic heterocycles. The zero-order valence-electron chi connectivity index (χ0n) is 17.4. The summed E-state index contributed by atoms with van der Waals surface area (Å²) in [6.07, 6.45) is 0. The van der Waals surface area contributed by atoms with E-state index in [2.05, 4.69) is 52.0 Å². The number of methoxy groups -OCH3 is 1. The van der Waals surface area contributed by atoms with Crippen LogP contribution in [0.3, 0.4) is 0 Å². The van der Waals surface area contributed by atoms with Crippen LogP contribution in [0.4, 0.5) is 0 Å². The highest BCUT2D eigenvalue weighted by Gasteiger charge is 2.06. The van der Waals surface area contributed by atoms with Gasteiger partial charge in [-0.2, -0.15) is 0 Å². The number of nitrogens with zero attached hydrogens (tertiary/aromatic N) is 4. The van der Waals surface area contributed by atoms with Gasteiger partial charge in [-0.25, -0.2) is 4.99 Å². The van der Waals surface area contributed by atoms with Crippen molar-refractivity contribution in [3.63, 3.8) is 0 Å². The number of hydrogen-bond donors (Lipinski definition) is 2. The van der Waals surface area contributed by atoms with Gasteiger partial charge in [-0.05, 0) is 37.1 Å². The first-order valence-electron chi connectivity index (χ1n) is 9.60. The highest BCUT2D eigenvalue weighted by Crippen LogP contribution is 2.12. The smallest absolute Gasteiger partial charge is 0.192 e. The van der Waals surface area contributed by atoms with Crippen molar-refractivity contribution in [1.29, 1.82) is 0 Å². The molecule has 1 aromatic heterocycles. The summed E-state index contributed by atoms with van der Waals surface area (Å²) in [5.74, 6) is 3.30. The van der Waals surface area contributed by atoms with Gasteiger partial charge in [-0.3, -0.25) is 0 Å². The van der Waals surface area contributed by atoms with Gasteiger partial charge in [0.1, 0.15) is 11.6 Å². The zero-order valence-corrected chi connectivity index (χ0v) is 17.4. The van der Waals surface area contributed by atoms with Crippen LogP contribution in [0.25, 0.3) is 0 Å². The highest BCUT2D eigenvalue weighted by molar-refractivity contribution is 5.79. The Bertz CT molecular complexity index is 944. The number of guanidine groups is 1. The van der Waals surface area contributed by atoms with Crippen LogP contribution in [0.15, 0.2) is 53.5 Å². The van der Waals surface area contributed by atoms with Gasteiger partial charge in [0.15, 0.2) is 11.8 Å². The molecule has 0 amide bonds. The van der Waals surface area contributed by atoms with E-state index >= 15 is 0 Å². The Balaban J connectivity index is 1.68. The third-order valence-electron chi connectivity index (χ3n) is 4.76. The normalized spacial score (nSPS) is 11.4. The van der Waals surface area contributed by atoms with Crippen molar-refractivity contribution in [2.45, 2.75) is 33.5 Å². The van der Waals surface area contributed by atoms with E-state index in [9.17, 15) is 0 Å². The van der Waals surface area contributed by atoms with E-state index in [4.69, 9.17) is 9.73 Å². The van der Waals surface area contributed by atoms with Crippen LogP contribution in [0.1, 0.15) is 28.3 Å². The molecule has 0 radical (unpaired) electrons. The van der Waals surface area contributed by atoms with Gasteiger partial charge in [-0.15, -0.1) is 10.2 Å². The van der Waals surface area contributed by atoms with Crippen LogP contribution in [0.5, 0.6) is 5.75 Å². The SMILES string of the molecule is COc1ccc(CN=C(NCc2ccc(C)cc2)NCc2nnc(C)n2C)cc1. The maximum Gasteiger partial charge on any atom is 0.192 e. The van der Waals surface area contributed by atoms with Crippen LogP contribution < -0.4 is 15.4 Å². The standard InChI is InChI=1S/C22H28N6O/c1-16-5-7-18(8-6-16)13-23-22(25-15-21-27-26-17(2)28(21)3)24-14-19-9-11-20(29-4)12-10-19/h5-12H,13-15H2,1-4H3,(H2,23,24,25). The summed E-state index contributed by atoms with van der Waals surface area (Å²) in [5, 5.41) is 15.1. The van der Waals surface area contributed by atoms with Crippen LogP contribution in [0, 0.1) is 13.8 Å². The van der Waals surface area contributed by atoms with E-state index in [-0.39, 0.29) is 0 Å². The van der Waals surface area contributed by atoms with E-state index in [1.54, 1.807) is 7.11 Å². The predicted octanol–water partition coefficient (Wildman–Crippen LogP) is 2.88. The summed E-state index contributed by atoms with van der Waals surface area (Å²) in [5.41, 5.74) is 3.55. The molecule has 3 aromatic rings. The first kappa shape index (κ1) is 20.4. The van der Waals surface area contributed by atoms with Crippen molar-refractivity contribution in [3.05, 3.63) is 76.9 Å². The van der Waals surface area contributed by atoms with Gasteiger partial charge >= 0.3 is 0 Å². The van der Waals surface area contributed by atoms with Crippen molar-refractivity contribution in [3.8, 4) is 5.75 Å². The molecule has 2 N–H and O–H groups in total. The van der Waals surface area contributed by atoms with E-state index in [1.807, 2.05) is 42.8 Å². The fraction of sp³-hybridized carbons (Fsp3) is 0.318. The van der Waals surface area contributed by atoms with Gasteiger partial charge in [0.05, 0.1) is 20.2 Å². The summed E-state index contributed by atoms with van der Waals surface area (Å²) in [7, 11) is 3.62. The zero-order chi connectivity index (χ0) is 20.6. The molecule has 0 saturated heterocycles. The molecular weight excluding hydrogens is 364 g/mol. The minimum atomic E-state index is 0.541. The molecule has 152 valence electrons. The molecule has 0 aliphatic rings. The lowest BCUT2D eigenvalue weighted by Crippen LogP contribution is -2.37. The van der Waals surface area contributed by atoms with E-state index < -0.39 is 0 Å². The Hall–Kier alpha value is -3.35. The van der Waals surface area contributed by atoms with Crippen molar-refractivity contribution < 1.29 is 4.74 Å². The Morgan fingerprint density at radius 1 is 0.931 bits per heavy atom. The second-order valence-corrected chi connectivity index (χ2v) is 6.93. The van der Waals surface area contributed by atoms with Crippen LogP contribution >= 0.6 is 0 Å². The van der Waals surface area contributed by atoms with Gasteiger partial charge in [-0.1, -0.05) is 42.0 Å². The molecule has 7 nitrogen and oxygen atoms in total. The van der Waals surface area contributed by atoms with Crippen LogP contribution in [0.2, 0.25) is 0 Å². The molecule has 0 fully saturated rings. The molecule has 7 heteroatoms. The number of benzene rings is 2. The number of rotatable bonds is 7. The van der Waals surface area contributed by atoms with Crippen molar-refractivity contribution in [2.75, 3.05) is 7.11 Å². The molecule has 2 aromatic carbocycles. The Morgan fingerprint density at radius 3 is 2.21 bits per heavy atom. The fourth-order valence-electron chi connectivity index (χ4n) is 2.74.